The maximum Gasteiger partial charge on any atom is 0.234 e. The van der Waals surface area contributed by atoms with Gasteiger partial charge < -0.3 is 11.1 Å². The summed E-state index contributed by atoms with van der Waals surface area (Å²) >= 11 is 0. The van der Waals surface area contributed by atoms with Crippen molar-refractivity contribution in [2.24, 2.45) is 0 Å². The van der Waals surface area contributed by atoms with Gasteiger partial charge in [-0.05, 0) is 38.3 Å². The minimum Gasteiger partial charge on any atom is -0.398 e. The SMILES string of the molecule is CC(C)N(CC(=O)NC1CCCC1)Cc1ccccc1N. The summed E-state index contributed by atoms with van der Waals surface area (Å²) in [6.07, 6.45) is 4.72. The smallest absolute Gasteiger partial charge is 0.234 e. The van der Waals surface area contributed by atoms with E-state index in [9.17, 15) is 4.79 Å². The Kier molecular flexibility index (Phi) is 5.62. The van der Waals surface area contributed by atoms with E-state index in [2.05, 4.69) is 24.1 Å². The molecule has 0 radical (unpaired) electrons. The van der Waals surface area contributed by atoms with Crippen molar-refractivity contribution < 1.29 is 4.79 Å². The molecular weight excluding hydrogens is 262 g/mol. The summed E-state index contributed by atoms with van der Waals surface area (Å²) in [5.74, 6) is 0.130. The number of hydrogen-bond acceptors (Lipinski definition) is 3. The molecular formula is C17H27N3O. The molecule has 1 aliphatic carbocycles. The van der Waals surface area contributed by atoms with Gasteiger partial charge in [0.25, 0.3) is 0 Å². The molecule has 0 aliphatic heterocycles. The molecule has 21 heavy (non-hydrogen) atoms. The van der Waals surface area contributed by atoms with Gasteiger partial charge in [-0.25, -0.2) is 0 Å². The molecule has 2 rings (SSSR count). The van der Waals surface area contributed by atoms with E-state index in [1.54, 1.807) is 0 Å². The predicted molar refractivity (Wildman–Crippen MR) is 86.8 cm³/mol. The van der Waals surface area contributed by atoms with E-state index in [0.717, 1.165) is 24.1 Å². The molecule has 1 saturated carbocycles. The van der Waals surface area contributed by atoms with E-state index in [4.69, 9.17) is 5.73 Å². The number of benzene rings is 1. The van der Waals surface area contributed by atoms with Crippen molar-refractivity contribution >= 4 is 11.6 Å². The Hall–Kier alpha value is -1.55. The summed E-state index contributed by atoms with van der Waals surface area (Å²) < 4.78 is 0. The normalized spacial score (nSPS) is 15.8. The summed E-state index contributed by atoms with van der Waals surface area (Å²) in [7, 11) is 0. The first-order valence-corrected chi connectivity index (χ1v) is 7.93. The number of carbonyl (C=O) groups excluding carboxylic acids is 1. The topological polar surface area (TPSA) is 58.4 Å². The van der Waals surface area contributed by atoms with Crippen molar-refractivity contribution in [1.29, 1.82) is 0 Å². The molecule has 4 heteroatoms. The Morgan fingerprint density at radius 1 is 1.33 bits per heavy atom. The van der Waals surface area contributed by atoms with Gasteiger partial charge >= 0.3 is 0 Å². The molecule has 0 atom stereocenters. The zero-order valence-corrected chi connectivity index (χ0v) is 13.1. The van der Waals surface area contributed by atoms with Crippen LogP contribution >= 0.6 is 0 Å². The molecule has 3 N–H and O–H groups in total. The average molecular weight is 289 g/mol. The standard InChI is InChI=1S/C17H27N3O/c1-13(2)20(11-14-7-3-6-10-16(14)18)12-17(21)19-15-8-4-5-9-15/h3,6-7,10,13,15H,4-5,8-9,11-12,18H2,1-2H3,(H,19,21). The van der Waals surface area contributed by atoms with Gasteiger partial charge in [0.05, 0.1) is 6.54 Å². The average Bonchev–Trinajstić information content (AvgIpc) is 2.93. The van der Waals surface area contributed by atoms with Gasteiger partial charge in [-0.3, -0.25) is 9.69 Å². The number of para-hydroxylation sites is 1. The predicted octanol–water partition coefficient (Wildman–Crippen LogP) is 2.54. The maximum atomic E-state index is 12.2. The largest absolute Gasteiger partial charge is 0.398 e. The van der Waals surface area contributed by atoms with Gasteiger partial charge in [-0.15, -0.1) is 0 Å². The van der Waals surface area contributed by atoms with E-state index in [-0.39, 0.29) is 5.91 Å². The Morgan fingerprint density at radius 2 is 2.00 bits per heavy atom. The lowest BCUT2D eigenvalue weighted by Crippen LogP contribution is -2.43. The minimum atomic E-state index is 0.130. The van der Waals surface area contributed by atoms with Gasteiger partial charge in [0, 0.05) is 24.3 Å². The van der Waals surface area contributed by atoms with Crippen LogP contribution in [0.5, 0.6) is 0 Å². The fourth-order valence-electron chi connectivity index (χ4n) is 2.85. The molecule has 0 saturated heterocycles. The number of nitrogen functional groups attached to an aromatic ring is 1. The zero-order valence-electron chi connectivity index (χ0n) is 13.1. The number of amides is 1. The van der Waals surface area contributed by atoms with Crippen molar-refractivity contribution in [2.45, 2.75) is 58.2 Å². The number of rotatable bonds is 6. The second-order valence-electron chi connectivity index (χ2n) is 6.25. The summed E-state index contributed by atoms with van der Waals surface area (Å²) in [6, 6.07) is 8.55. The molecule has 0 heterocycles. The monoisotopic (exact) mass is 289 g/mol. The van der Waals surface area contributed by atoms with Crippen LogP contribution in [0.3, 0.4) is 0 Å². The highest BCUT2D eigenvalue weighted by atomic mass is 16.2. The number of nitrogens with two attached hydrogens (primary N) is 1. The Labute approximate surface area is 127 Å². The van der Waals surface area contributed by atoms with Gasteiger partial charge in [0.1, 0.15) is 0 Å². The molecule has 0 aromatic heterocycles. The number of hydrogen-bond donors (Lipinski definition) is 2. The molecule has 1 aliphatic rings. The van der Waals surface area contributed by atoms with Gasteiger partial charge in [-0.1, -0.05) is 31.0 Å². The van der Waals surface area contributed by atoms with Crippen molar-refractivity contribution in [3.8, 4) is 0 Å². The molecule has 1 amide bonds. The Bertz CT molecular complexity index is 467. The van der Waals surface area contributed by atoms with E-state index < -0.39 is 0 Å². The summed E-state index contributed by atoms with van der Waals surface area (Å²) in [5.41, 5.74) is 7.88. The Balaban J connectivity index is 1.92. The molecule has 4 nitrogen and oxygen atoms in total. The van der Waals surface area contributed by atoms with E-state index >= 15 is 0 Å². The number of nitrogens with one attached hydrogen (secondary N) is 1. The highest BCUT2D eigenvalue weighted by molar-refractivity contribution is 5.78. The lowest BCUT2D eigenvalue weighted by molar-refractivity contribution is -0.123. The molecule has 1 fully saturated rings. The summed E-state index contributed by atoms with van der Waals surface area (Å²) in [6.45, 7) is 5.37. The Morgan fingerprint density at radius 3 is 2.62 bits per heavy atom. The van der Waals surface area contributed by atoms with Crippen LogP contribution in [0, 0.1) is 0 Å². The summed E-state index contributed by atoms with van der Waals surface area (Å²) in [4.78, 5) is 14.4. The van der Waals surface area contributed by atoms with Gasteiger partial charge in [0.15, 0.2) is 0 Å². The van der Waals surface area contributed by atoms with E-state index in [0.29, 0.717) is 25.2 Å². The molecule has 1 aromatic rings. The first-order valence-electron chi connectivity index (χ1n) is 7.93. The number of anilines is 1. The first kappa shape index (κ1) is 15.8. The van der Waals surface area contributed by atoms with Crippen molar-refractivity contribution in [3.05, 3.63) is 29.8 Å². The maximum absolute atomic E-state index is 12.2. The van der Waals surface area contributed by atoms with Crippen LogP contribution in [0.4, 0.5) is 5.69 Å². The second kappa shape index (κ2) is 7.46. The first-order chi connectivity index (χ1) is 10.1. The number of carbonyl (C=O) groups is 1. The van der Waals surface area contributed by atoms with Crippen molar-refractivity contribution in [1.82, 2.24) is 10.2 Å². The highest BCUT2D eigenvalue weighted by Crippen LogP contribution is 2.18. The second-order valence-corrected chi connectivity index (χ2v) is 6.25. The van der Waals surface area contributed by atoms with Crippen molar-refractivity contribution in [2.75, 3.05) is 12.3 Å². The fourth-order valence-corrected chi connectivity index (χ4v) is 2.85. The summed E-state index contributed by atoms with van der Waals surface area (Å²) in [5, 5.41) is 3.15. The lowest BCUT2D eigenvalue weighted by atomic mass is 10.1. The quantitative estimate of drug-likeness (QED) is 0.791. The van der Waals surface area contributed by atoms with Crippen LogP contribution in [-0.4, -0.2) is 29.4 Å². The van der Waals surface area contributed by atoms with Crippen LogP contribution in [0.25, 0.3) is 0 Å². The molecule has 0 spiro atoms. The van der Waals surface area contributed by atoms with Crippen LogP contribution < -0.4 is 11.1 Å². The fraction of sp³-hybridized carbons (Fsp3) is 0.588. The van der Waals surface area contributed by atoms with E-state index in [1.165, 1.54) is 12.8 Å². The zero-order chi connectivity index (χ0) is 15.2. The van der Waals surface area contributed by atoms with Gasteiger partial charge in [0.2, 0.25) is 5.91 Å². The van der Waals surface area contributed by atoms with Crippen LogP contribution in [0.1, 0.15) is 45.1 Å². The molecule has 0 unspecified atom stereocenters. The third-order valence-electron chi connectivity index (χ3n) is 4.23. The van der Waals surface area contributed by atoms with E-state index in [1.807, 2.05) is 24.3 Å². The third-order valence-corrected chi connectivity index (χ3v) is 4.23. The number of nitrogens with zero attached hydrogens (tertiary/aromatic N) is 1. The minimum absolute atomic E-state index is 0.130. The van der Waals surface area contributed by atoms with Crippen LogP contribution in [-0.2, 0) is 11.3 Å². The van der Waals surface area contributed by atoms with Crippen LogP contribution in [0.15, 0.2) is 24.3 Å². The molecule has 0 bridgehead atoms. The molecule has 116 valence electrons. The van der Waals surface area contributed by atoms with Gasteiger partial charge in [-0.2, -0.15) is 0 Å². The molecule has 1 aromatic carbocycles. The van der Waals surface area contributed by atoms with Crippen molar-refractivity contribution in [3.63, 3.8) is 0 Å². The highest BCUT2D eigenvalue weighted by Gasteiger charge is 2.20. The lowest BCUT2D eigenvalue weighted by Gasteiger charge is -2.27. The van der Waals surface area contributed by atoms with Crippen LogP contribution in [0.2, 0.25) is 0 Å². The third kappa shape index (κ3) is 4.74.